The first kappa shape index (κ1) is 20.1. The zero-order valence-corrected chi connectivity index (χ0v) is 16.7. The van der Waals surface area contributed by atoms with Crippen LogP contribution in [0.4, 0.5) is 11.4 Å². The summed E-state index contributed by atoms with van der Waals surface area (Å²) in [7, 11) is 1.72. The molecule has 0 saturated heterocycles. The molecule has 0 aromatic heterocycles. The van der Waals surface area contributed by atoms with Crippen molar-refractivity contribution < 1.29 is 4.79 Å². The summed E-state index contributed by atoms with van der Waals surface area (Å²) in [6.45, 7) is 0. The van der Waals surface area contributed by atoms with Crippen LogP contribution in [-0.4, -0.2) is 13.0 Å². The Labute approximate surface area is 174 Å². The number of thioether (sulfide) groups is 1. The van der Waals surface area contributed by atoms with Crippen molar-refractivity contribution in [3.63, 3.8) is 0 Å². The average Bonchev–Trinajstić information content (AvgIpc) is 2.75. The Morgan fingerprint density at radius 1 is 0.966 bits per heavy atom. The number of carbonyl (C=O) groups is 1. The number of rotatable bonds is 5. The number of hydrogen-bond acceptors (Lipinski definition) is 5. The van der Waals surface area contributed by atoms with Gasteiger partial charge < -0.3 is 16.4 Å². The van der Waals surface area contributed by atoms with Gasteiger partial charge in [-0.1, -0.05) is 42.1 Å². The van der Waals surface area contributed by atoms with Crippen molar-refractivity contribution in [2.45, 2.75) is 4.90 Å². The second-order valence-corrected chi connectivity index (χ2v) is 7.42. The Morgan fingerprint density at radius 3 is 2.28 bits per heavy atom. The lowest BCUT2D eigenvalue weighted by Crippen LogP contribution is -2.26. The Hall–Kier alpha value is -3.69. The van der Waals surface area contributed by atoms with Crippen molar-refractivity contribution in [3.8, 4) is 6.07 Å². The second kappa shape index (κ2) is 9.00. The number of anilines is 2. The Morgan fingerprint density at radius 2 is 1.62 bits per heavy atom. The minimum absolute atomic E-state index is 0.167. The number of hydrogen-bond donors (Lipinski definition) is 2. The minimum Gasteiger partial charge on any atom is -0.399 e. The molecule has 29 heavy (non-hydrogen) atoms. The van der Waals surface area contributed by atoms with Gasteiger partial charge in [0.2, 0.25) is 0 Å². The molecule has 3 aromatic rings. The molecule has 3 aromatic carbocycles. The highest BCUT2D eigenvalue weighted by atomic mass is 32.2. The summed E-state index contributed by atoms with van der Waals surface area (Å²) in [4.78, 5) is 15.3. The number of carbonyl (C=O) groups excluding carboxylic acids is 1. The molecular formula is C23H20N4OS. The maximum atomic E-state index is 12.9. The molecular weight excluding hydrogens is 380 g/mol. The summed E-state index contributed by atoms with van der Waals surface area (Å²) >= 11 is 1.28. The van der Waals surface area contributed by atoms with Crippen LogP contribution in [0.5, 0.6) is 0 Å². The molecule has 0 aliphatic carbocycles. The largest absolute Gasteiger partial charge is 0.399 e. The number of allylic oxidation sites excluding steroid dienone is 1. The molecule has 0 unspecified atom stereocenters. The third kappa shape index (κ3) is 4.78. The molecule has 1 amide bonds. The van der Waals surface area contributed by atoms with Gasteiger partial charge in [-0.2, -0.15) is 5.26 Å². The molecule has 0 aliphatic rings. The number of nitriles is 1. The van der Waals surface area contributed by atoms with Gasteiger partial charge in [0.1, 0.15) is 6.07 Å². The van der Waals surface area contributed by atoms with Crippen LogP contribution in [0.1, 0.15) is 15.9 Å². The van der Waals surface area contributed by atoms with Crippen LogP contribution < -0.4 is 16.4 Å². The van der Waals surface area contributed by atoms with Gasteiger partial charge in [0, 0.05) is 28.9 Å². The van der Waals surface area contributed by atoms with Crippen LogP contribution in [0.2, 0.25) is 0 Å². The highest BCUT2D eigenvalue weighted by Crippen LogP contribution is 2.30. The zero-order chi connectivity index (χ0) is 20.8. The van der Waals surface area contributed by atoms with Gasteiger partial charge >= 0.3 is 0 Å². The monoisotopic (exact) mass is 400 g/mol. The first-order chi connectivity index (χ1) is 14.0. The zero-order valence-electron chi connectivity index (χ0n) is 15.9. The number of benzene rings is 3. The van der Waals surface area contributed by atoms with E-state index in [-0.39, 0.29) is 5.91 Å². The highest BCUT2D eigenvalue weighted by molar-refractivity contribution is 8.03. The molecule has 6 heteroatoms. The number of nitrogens with two attached hydrogens (primary N) is 2. The Bertz CT molecular complexity index is 1090. The number of nitrogen functional groups attached to an aromatic ring is 1. The predicted octanol–water partition coefficient (Wildman–Crippen LogP) is 4.49. The van der Waals surface area contributed by atoms with Crippen molar-refractivity contribution in [1.82, 2.24) is 0 Å². The van der Waals surface area contributed by atoms with Gasteiger partial charge in [-0.3, -0.25) is 4.79 Å². The fourth-order valence-corrected chi connectivity index (χ4v) is 3.54. The average molecular weight is 401 g/mol. The summed E-state index contributed by atoms with van der Waals surface area (Å²) in [5.41, 5.74) is 14.8. The van der Waals surface area contributed by atoms with Crippen molar-refractivity contribution in [1.29, 1.82) is 5.26 Å². The number of para-hydroxylation sites is 1. The first-order valence-electron chi connectivity index (χ1n) is 8.86. The molecule has 144 valence electrons. The van der Waals surface area contributed by atoms with Crippen LogP contribution in [0, 0.1) is 11.3 Å². The Kier molecular flexibility index (Phi) is 6.22. The predicted molar refractivity (Wildman–Crippen MR) is 119 cm³/mol. The van der Waals surface area contributed by atoms with Crippen LogP contribution in [-0.2, 0) is 0 Å². The number of amides is 1. The fraction of sp³-hybridized carbons (Fsp3) is 0.0435. The van der Waals surface area contributed by atoms with Crippen LogP contribution in [0.25, 0.3) is 5.57 Å². The van der Waals surface area contributed by atoms with Crippen LogP contribution in [0.15, 0.2) is 88.8 Å². The summed E-state index contributed by atoms with van der Waals surface area (Å²) < 4.78 is 0. The van der Waals surface area contributed by atoms with E-state index in [4.69, 9.17) is 11.5 Å². The van der Waals surface area contributed by atoms with E-state index < -0.39 is 0 Å². The maximum absolute atomic E-state index is 12.9. The van der Waals surface area contributed by atoms with E-state index >= 15 is 0 Å². The molecule has 0 aliphatic heterocycles. The molecule has 0 atom stereocenters. The molecule has 0 fully saturated rings. The van der Waals surface area contributed by atoms with Gasteiger partial charge in [-0.25, -0.2) is 0 Å². The SMILES string of the molecule is CN(C(=O)c1cccc(/C(C#N)=C(\N)Sc2ccc(N)cc2)c1)c1ccccc1. The van der Waals surface area contributed by atoms with Crippen molar-refractivity contribution >= 4 is 34.6 Å². The molecule has 3 rings (SSSR count). The standard InChI is InChI=1S/C23H20N4OS/c1-27(19-8-3-2-4-9-19)23(28)17-7-5-6-16(14-17)21(15-24)22(26)29-20-12-10-18(25)11-13-20/h2-14H,25-26H2,1H3/b22-21+. The minimum atomic E-state index is -0.167. The summed E-state index contributed by atoms with van der Waals surface area (Å²) in [5, 5.41) is 10.0. The maximum Gasteiger partial charge on any atom is 0.258 e. The molecule has 0 spiro atoms. The van der Waals surface area contributed by atoms with Gasteiger partial charge in [0.15, 0.2) is 0 Å². The lowest BCUT2D eigenvalue weighted by molar-refractivity contribution is 0.0993. The molecule has 4 N–H and O–H groups in total. The van der Waals surface area contributed by atoms with E-state index in [1.807, 2.05) is 42.5 Å². The number of nitrogens with zero attached hydrogens (tertiary/aromatic N) is 2. The quantitative estimate of drug-likeness (QED) is 0.374. The third-order valence-corrected chi connectivity index (χ3v) is 5.24. The van der Waals surface area contributed by atoms with E-state index in [1.54, 1.807) is 48.3 Å². The van der Waals surface area contributed by atoms with Crippen molar-refractivity contribution in [2.24, 2.45) is 5.73 Å². The normalized spacial score (nSPS) is 11.3. The first-order valence-corrected chi connectivity index (χ1v) is 9.68. The second-order valence-electron chi connectivity index (χ2n) is 6.30. The van der Waals surface area contributed by atoms with E-state index in [9.17, 15) is 10.1 Å². The highest BCUT2D eigenvalue weighted by Gasteiger charge is 2.16. The van der Waals surface area contributed by atoms with Gasteiger partial charge in [0.25, 0.3) is 5.91 Å². The van der Waals surface area contributed by atoms with Gasteiger partial charge in [-0.15, -0.1) is 0 Å². The lowest BCUT2D eigenvalue weighted by atomic mass is 10.0. The summed E-state index contributed by atoms with van der Waals surface area (Å²) in [5.74, 6) is -0.167. The van der Waals surface area contributed by atoms with Crippen LogP contribution in [0.3, 0.4) is 0 Å². The topological polar surface area (TPSA) is 96.1 Å². The molecule has 0 heterocycles. The van der Waals surface area contributed by atoms with E-state index in [2.05, 4.69) is 6.07 Å². The van der Waals surface area contributed by atoms with Crippen molar-refractivity contribution in [2.75, 3.05) is 17.7 Å². The van der Waals surface area contributed by atoms with Gasteiger partial charge in [0.05, 0.1) is 10.6 Å². The Balaban J connectivity index is 1.89. The summed E-state index contributed by atoms with van der Waals surface area (Å²) in [6.07, 6.45) is 0. The fourth-order valence-electron chi connectivity index (χ4n) is 2.75. The van der Waals surface area contributed by atoms with E-state index in [1.165, 1.54) is 11.8 Å². The van der Waals surface area contributed by atoms with Gasteiger partial charge in [-0.05, 0) is 54.1 Å². The third-order valence-electron chi connectivity index (χ3n) is 4.31. The van der Waals surface area contributed by atoms with E-state index in [0.717, 1.165) is 10.6 Å². The molecule has 0 bridgehead atoms. The lowest BCUT2D eigenvalue weighted by Gasteiger charge is -2.17. The smallest absolute Gasteiger partial charge is 0.258 e. The van der Waals surface area contributed by atoms with E-state index in [0.29, 0.717) is 27.4 Å². The summed E-state index contributed by atoms with van der Waals surface area (Å²) in [6, 6.07) is 25.7. The molecule has 0 radical (unpaired) electrons. The molecule has 5 nitrogen and oxygen atoms in total. The van der Waals surface area contributed by atoms with Crippen molar-refractivity contribution in [3.05, 3.63) is 95.0 Å². The van der Waals surface area contributed by atoms with Crippen LogP contribution >= 0.6 is 11.8 Å². The molecule has 0 saturated carbocycles.